The predicted molar refractivity (Wildman–Crippen MR) is 40.2 cm³/mol. The number of carbonyl (C=O) groups is 1. The fourth-order valence-electron chi connectivity index (χ4n) is 1.06. The summed E-state index contributed by atoms with van der Waals surface area (Å²) in [6.07, 6.45) is -0.871. The molecule has 0 saturated carbocycles. The molecular weight excluding hydrogens is 180 g/mol. The van der Waals surface area contributed by atoms with Crippen molar-refractivity contribution < 1.29 is 20.3 Å². The van der Waals surface area contributed by atoms with Crippen LogP contribution in [-0.2, 0) is 0 Å². The number of nitrogens with one attached hydrogen (secondary N) is 3. The van der Waals surface area contributed by atoms with Crippen LogP contribution in [0.15, 0.2) is 5.16 Å². The third-order valence-corrected chi connectivity index (χ3v) is 1.73. The smallest absolute Gasteiger partial charge is 0.321 e. The number of urea groups is 1. The maximum atomic E-state index is 10.8. The van der Waals surface area contributed by atoms with Crippen LogP contribution in [0.2, 0.25) is 0 Å². The minimum absolute atomic E-state index is 0.0993. The molecule has 2 atom stereocenters. The van der Waals surface area contributed by atoms with Crippen LogP contribution in [0, 0.1) is 5.92 Å². The van der Waals surface area contributed by atoms with Gasteiger partial charge in [0.05, 0.1) is 12.5 Å². The van der Waals surface area contributed by atoms with Gasteiger partial charge in [0.1, 0.15) is 6.17 Å². The van der Waals surface area contributed by atoms with Crippen molar-refractivity contribution in [3.63, 3.8) is 0 Å². The molecule has 1 rings (SSSR count). The van der Waals surface area contributed by atoms with Crippen LogP contribution in [0.25, 0.3) is 0 Å². The van der Waals surface area contributed by atoms with Crippen molar-refractivity contribution in [3.05, 3.63) is 0 Å². The molecule has 0 radical (unpaired) electrons. The maximum Gasteiger partial charge on any atom is 0.321 e. The Hall–Kier alpha value is -1.38. The Balaban J connectivity index is 2.79. The largest absolute Gasteiger partial charge is 0.409 e. The van der Waals surface area contributed by atoms with E-state index in [0.717, 1.165) is 0 Å². The molecule has 6 N–H and O–H groups in total. The van der Waals surface area contributed by atoms with Gasteiger partial charge in [-0.2, -0.15) is 5.48 Å². The van der Waals surface area contributed by atoms with Crippen molar-refractivity contribution in [1.29, 1.82) is 0 Å². The first-order valence-corrected chi connectivity index (χ1v) is 3.53. The van der Waals surface area contributed by atoms with Gasteiger partial charge in [-0.25, -0.2) is 4.79 Å². The molecule has 0 aliphatic carbocycles. The molecule has 1 saturated heterocycles. The summed E-state index contributed by atoms with van der Waals surface area (Å²) in [5.41, 5.74) is 1.78. The zero-order valence-corrected chi connectivity index (χ0v) is 6.56. The summed E-state index contributed by atoms with van der Waals surface area (Å²) in [5, 5.41) is 33.1. The number of hydrogen-bond acceptors (Lipinski definition) is 6. The number of hydrogen-bond donors (Lipinski definition) is 6. The number of aliphatic hydroxyl groups is 1. The zero-order chi connectivity index (χ0) is 9.84. The maximum absolute atomic E-state index is 10.8. The summed E-state index contributed by atoms with van der Waals surface area (Å²) in [4.78, 5) is 10.8. The quantitative estimate of drug-likeness (QED) is 0.222. The van der Waals surface area contributed by atoms with E-state index >= 15 is 0 Å². The molecule has 0 aromatic carbocycles. The lowest BCUT2D eigenvalue weighted by atomic mass is 10.0. The van der Waals surface area contributed by atoms with Crippen LogP contribution in [0.1, 0.15) is 0 Å². The SMILES string of the molecule is O=C1N/C(=N/O)C(CO)C(NO)N1. The van der Waals surface area contributed by atoms with Crippen LogP contribution in [-0.4, -0.2) is 40.2 Å². The van der Waals surface area contributed by atoms with Crippen LogP contribution in [0.4, 0.5) is 4.79 Å². The fourth-order valence-corrected chi connectivity index (χ4v) is 1.06. The summed E-state index contributed by atoms with van der Waals surface area (Å²) in [7, 11) is 0. The molecule has 0 spiro atoms. The van der Waals surface area contributed by atoms with Crippen molar-refractivity contribution in [3.8, 4) is 0 Å². The van der Waals surface area contributed by atoms with Gasteiger partial charge in [-0.05, 0) is 0 Å². The highest BCUT2D eigenvalue weighted by Crippen LogP contribution is 2.06. The molecule has 1 aliphatic heterocycles. The van der Waals surface area contributed by atoms with E-state index in [0.29, 0.717) is 0 Å². The molecule has 0 aromatic rings. The minimum atomic E-state index is -0.871. The Morgan fingerprint density at radius 2 is 2.31 bits per heavy atom. The minimum Gasteiger partial charge on any atom is -0.409 e. The lowest BCUT2D eigenvalue weighted by molar-refractivity contribution is 0.0750. The molecule has 0 bridgehead atoms. The second kappa shape index (κ2) is 4.03. The number of carbonyl (C=O) groups excluding carboxylic acids is 1. The van der Waals surface area contributed by atoms with E-state index in [4.69, 9.17) is 15.5 Å². The summed E-state index contributed by atoms with van der Waals surface area (Å²) < 4.78 is 0. The molecule has 2 unspecified atom stereocenters. The van der Waals surface area contributed by atoms with Gasteiger partial charge >= 0.3 is 6.03 Å². The van der Waals surface area contributed by atoms with E-state index in [1.54, 1.807) is 5.48 Å². The van der Waals surface area contributed by atoms with Gasteiger partial charge in [0, 0.05) is 0 Å². The number of rotatable bonds is 2. The van der Waals surface area contributed by atoms with Gasteiger partial charge in [0.25, 0.3) is 0 Å². The fraction of sp³-hybridized carbons (Fsp3) is 0.600. The number of amides is 2. The first-order chi connectivity index (χ1) is 6.22. The highest BCUT2D eigenvalue weighted by atomic mass is 16.5. The molecule has 8 nitrogen and oxygen atoms in total. The Morgan fingerprint density at radius 1 is 1.62 bits per heavy atom. The summed E-state index contributed by atoms with van der Waals surface area (Å²) in [5.74, 6) is -0.814. The average molecular weight is 190 g/mol. The normalized spacial score (nSPS) is 31.2. The number of nitrogens with zero attached hydrogens (tertiary/aromatic N) is 1. The Bertz CT molecular complexity index is 231. The zero-order valence-electron chi connectivity index (χ0n) is 6.56. The van der Waals surface area contributed by atoms with E-state index in [1.807, 2.05) is 0 Å². The number of aliphatic hydroxyl groups excluding tert-OH is 1. The molecular formula is C5H10N4O4. The summed E-state index contributed by atoms with van der Waals surface area (Å²) in [6.45, 7) is -0.384. The molecule has 0 aromatic heterocycles. The van der Waals surface area contributed by atoms with E-state index in [2.05, 4.69) is 15.8 Å². The average Bonchev–Trinajstić information content (AvgIpc) is 2.16. The number of amidine groups is 1. The standard InChI is InChI=1S/C5H10N4O4/c10-1-2-3(8-12)6-5(11)7-4(2)9-13/h2-3,8,10,12-13H,1H2,(H2,6,7,9,11). The third-order valence-electron chi connectivity index (χ3n) is 1.73. The number of hydroxylamine groups is 1. The lowest BCUT2D eigenvalue weighted by Crippen LogP contribution is -2.63. The molecule has 74 valence electrons. The van der Waals surface area contributed by atoms with Crippen LogP contribution in [0.5, 0.6) is 0 Å². The van der Waals surface area contributed by atoms with Gasteiger partial charge in [0.2, 0.25) is 0 Å². The van der Waals surface area contributed by atoms with Gasteiger partial charge in [-0.15, -0.1) is 0 Å². The Labute approximate surface area is 73.2 Å². The van der Waals surface area contributed by atoms with Crippen LogP contribution >= 0.6 is 0 Å². The van der Waals surface area contributed by atoms with Crippen molar-refractivity contribution in [2.24, 2.45) is 11.1 Å². The molecule has 1 aliphatic rings. The van der Waals surface area contributed by atoms with E-state index in [-0.39, 0.29) is 12.4 Å². The Kier molecular flexibility index (Phi) is 3.01. The van der Waals surface area contributed by atoms with E-state index < -0.39 is 18.1 Å². The van der Waals surface area contributed by atoms with Crippen molar-refractivity contribution in [1.82, 2.24) is 16.1 Å². The molecule has 13 heavy (non-hydrogen) atoms. The monoisotopic (exact) mass is 190 g/mol. The second-order valence-corrected chi connectivity index (χ2v) is 2.48. The first kappa shape index (κ1) is 9.71. The third kappa shape index (κ3) is 1.86. The van der Waals surface area contributed by atoms with Crippen molar-refractivity contribution >= 4 is 11.9 Å². The van der Waals surface area contributed by atoms with E-state index in [1.165, 1.54) is 0 Å². The van der Waals surface area contributed by atoms with E-state index in [9.17, 15) is 4.79 Å². The predicted octanol–water partition coefficient (Wildman–Crippen LogP) is -2.00. The number of oxime groups is 1. The van der Waals surface area contributed by atoms with Crippen molar-refractivity contribution in [2.45, 2.75) is 6.17 Å². The Morgan fingerprint density at radius 3 is 2.77 bits per heavy atom. The van der Waals surface area contributed by atoms with Crippen LogP contribution < -0.4 is 16.1 Å². The summed E-state index contributed by atoms with van der Waals surface area (Å²) >= 11 is 0. The first-order valence-electron chi connectivity index (χ1n) is 3.53. The second-order valence-electron chi connectivity index (χ2n) is 2.48. The highest BCUT2D eigenvalue weighted by Gasteiger charge is 2.33. The molecule has 8 heteroatoms. The van der Waals surface area contributed by atoms with Gasteiger partial charge in [-0.1, -0.05) is 5.16 Å². The molecule has 2 amide bonds. The van der Waals surface area contributed by atoms with Gasteiger partial charge in [-0.3, -0.25) is 5.32 Å². The highest BCUT2D eigenvalue weighted by molar-refractivity contribution is 6.01. The van der Waals surface area contributed by atoms with Gasteiger partial charge in [0.15, 0.2) is 5.84 Å². The summed E-state index contributed by atoms with van der Waals surface area (Å²) in [6, 6.07) is -0.621. The topological polar surface area (TPSA) is 126 Å². The van der Waals surface area contributed by atoms with Crippen LogP contribution in [0.3, 0.4) is 0 Å². The molecule has 1 heterocycles. The van der Waals surface area contributed by atoms with Gasteiger partial charge < -0.3 is 20.8 Å². The molecule has 1 fully saturated rings. The van der Waals surface area contributed by atoms with Crippen molar-refractivity contribution in [2.75, 3.05) is 6.61 Å². The lowest BCUT2D eigenvalue weighted by Gasteiger charge is -2.30.